The maximum absolute atomic E-state index is 11.9. The molecule has 0 saturated heterocycles. The number of thiophene rings is 1. The van der Waals surface area contributed by atoms with Gasteiger partial charge in [-0.25, -0.2) is 4.79 Å². The normalized spacial score (nSPS) is 10.7. The fourth-order valence-corrected chi connectivity index (χ4v) is 2.97. The third-order valence-corrected chi connectivity index (χ3v) is 4.00. The molecule has 120 valence electrons. The van der Waals surface area contributed by atoms with Crippen LogP contribution >= 0.6 is 22.9 Å². The Hall–Kier alpha value is -2.11. The Morgan fingerprint density at radius 1 is 1.35 bits per heavy atom. The second kappa shape index (κ2) is 7.94. The monoisotopic (exact) mass is 349 g/mol. The van der Waals surface area contributed by atoms with Crippen molar-refractivity contribution in [1.82, 2.24) is 0 Å². The summed E-state index contributed by atoms with van der Waals surface area (Å²) in [5.41, 5.74) is 3.31. The van der Waals surface area contributed by atoms with Gasteiger partial charge in [-0.1, -0.05) is 17.7 Å². The van der Waals surface area contributed by atoms with E-state index in [0.717, 1.165) is 16.7 Å². The summed E-state index contributed by atoms with van der Waals surface area (Å²) in [5.74, 6) is -1.01. The van der Waals surface area contributed by atoms with E-state index in [0.29, 0.717) is 10.7 Å². The minimum absolute atomic E-state index is 0.365. The molecule has 2 rings (SSSR count). The van der Waals surface area contributed by atoms with Gasteiger partial charge in [0.2, 0.25) is 0 Å². The Bertz CT molecular complexity index is 715. The molecule has 6 heteroatoms. The predicted molar refractivity (Wildman–Crippen MR) is 93.9 cm³/mol. The van der Waals surface area contributed by atoms with Gasteiger partial charge in [-0.05, 0) is 59.5 Å². The van der Waals surface area contributed by atoms with E-state index >= 15 is 0 Å². The molecule has 0 radical (unpaired) electrons. The lowest BCUT2D eigenvalue weighted by atomic mass is 10.1. The van der Waals surface area contributed by atoms with Crippen LogP contribution < -0.4 is 5.32 Å². The molecule has 0 spiro atoms. The van der Waals surface area contributed by atoms with E-state index < -0.39 is 11.9 Å². The number of rotatable bonds is 5. The molecule has 0 aliphatic carbocycles. The fraction of sp³-hybridized carbons (Fsp3) is 0.176. The van der Waals surface area contributed by atoms with E-state index in [2.05, 4.69) is 5.32 Å². The molecule has 0 aliphatic rings. The van der Waals surface area contributed by atoms with Gasteiger partial charge in [-0.2, -0.15) is 11.3 Å². The van der Waals surface area contributed by atoms with Crippen LogP contribution in [0.5, 0.6) is 0 Å². The lowest BCUT2D eigenvalue weighted by Crippen LogP contribution is -2.20. The molecule has 1 aromatic heterocycles. The van der Waals surface area contributed by atoms with Crippen LogP contribution in [-0.4, -0.2) is 18.5 Å². The molecule has 0 aliphatic heterocycles. The van der Waals surface area contributed by atoms with Crippen molar-refractivity contribution in [2.45, 2.75) is 13.8 Å². The molecule has 0 bridgehead atoms. The van der Waals surface area contributed by atoms with Crippen molar-refractivity contribution < 1.29 is 14.3 Å². The van der Waals surface area contributed by atoms with Gasteiger partial charge in [-0.3, -0.25) is 4.79 Å². The number of amides is 1. The zero-order chi connectivity index (χ0) is 16.8. The van der Waals surface area contributed by atoms with Gasteiger partial charge in [0.25, 0.3) is 5.91 Å². The Morgan fingerprint density at radius 3 is 2.78 bits per heavy atom. The van der Waals surface area contributed by atoms with Gasteiger partial charge in [0.05, 0.1) is 10.7 Å². The molecule has 1 amide bonds. The lowest BCUT2D eigenvalue weighted by molar-refractivity contribution is -0.142. The van der Waals surface area contributed by atoms with Crippen LogP contribution in [0.4, 0.5) is 5.69 Å². The largest absolute Gasteiger partial charge is 0.452 e. The third-order valence-electron chi connectivity index (χ3n) is 3.00. The van der Waals surface area contributed by atoms with E-state index in [1.54, 1.807) is 12.1 Å². The topological polar surface area (TPSA) is 55.4 Å². The molecule has 23 heavy (non-hydrogen) atoms. The highest BCUT2D eigenvalue weighted by atomic mass is 35.5. The molecule has 0 atom stereocenters. The predicted octanol–water partition coefficient (Wildman–Crippen LogP) is 4.21. The number of halogens is 1. The number of aryl methyl sites for hydroxylation is 2. The summed E-state index contributed by atoms with van der Waals surface area (Å²) >= 11 is 7.65. The zero-order valence-corrected chi connectivity index (χ0v) is 14.3. The number of nitrogens with one attached hydrogen (secondary N) is 1. The molecule has 0 saturated carbocycles. The molecule has 4 nitrogen and oxygen atoms in total. The van der Waals surface area contributed by atoms with Gasteiger partial charge in [-0.15, -0.1) is 0 Å². The van der Waals surface area contributed by atoms with Gasteiger partial charge in [0.1, 0.15) is 0 Å². The van der Waals surface area contributed by atoms with Gasteiger partial charge in [0, 0.05) is 6.08 Å². The Morgan fingerprint density at radius 2 is 2.13 bits per heavy atom. The highest BCUT2D eigenvalue weighted by Gasteiger charge is 2.11. The number of carbonyl (C=O) groups excluding carboxylic acids is 2. The third kappa shape index (κ3) is 5.23. The van der Waals surface area contributed by atoms with E-state index in [1.807, 2.05) is 36.7 Å². The zero-order valence-electron chi connectivity index (χ0n) is 12.8. The van der Waals surface area contributed by atoms with Crippen molar-refractivity contribution in [2.24, 2.45) is 0 Å². The molecular weight excluding hydrogens is 334 g/mol. The van der Waals surface area contributed by atoms with Crippen molar-refractivity contribution in [3.05, 3.63) is 56.7 Å². The van der Waals surface area contributed by atoms with Gasteiger partial charge >= 0.3 is 5.97 Å². The molecule has 1 aromatic carbocycles. The summed E-state index contributed by atoms with van der Waals surface area (Å²) in [6.07, 6.45) is 2.93. The summed E-state index contributed by atoms with van der Waals surface area (Å²) in [4.78, 5) is 23.4. The maximum Gasteiger partial charge on any atom is 0.331 e. The number of ether oxygens (including phenoxy) is 1. The lowest BCUT2D eigenvalue weighted by Gasteiger charge is -2.11. The first-order chi connectivity index (χ1) is 11.0. The highest BCUT2D eigenvalue weighted by Crippen LogP contribution is 2.27. The number of carbonyl (C=O) groups is 2. The minimum Gasteiger partial charge on any atom is -0.452 e. The Kier molecular flexibility index (Phi) is 5.96. The highest BCUT2D eigenvalue weighted by molar-refractivity contribution is 7.08. The Labute approximate surface area is 143 Å². The van der Waals surface area contributed by atoms with Crippen LogP contribution in [-0.2, 0) is 14.3 Å². The van der Waals surface area contributed by atoms with Crippen molar-refractivity contribution in [2.75, 3.05) is 11.9 Å². The standard InChI is InChI=1S/C17H16ClNO3S/c1-11-7-12(2)17(14(18)8-11)19-15(20)9-22-16(21)4-3-13-5-6-23-10-13/h3-8,10H,9H2,1-2H3,(H,19,20)/b4-3+. The molecule has 1 N–H and O–H groups in total. The SMILES string of the molecule is Cc1cc(C)c(NC(=O)COC(=O)/C=C/c2ccsc2)c(Cl)c1. The summed E-state index contributed by atoms with van der Waals surface area (Å²) in [6.45, 7) is 3.41. The van der Waals surface area contributed by atoms with Crippen LogP contribution in [0.25, 0.3) is 6.08 Å². The summed E-state index contributed by atoms with van der Waals surface area (Å²) < 4.78 is 4.90. The number of hydrogen-bond donors (Lipinski definition) is 1. The van der Waals surface area contributed by atoms with E-state index in [1.165, 1.54) is 17.4 Å². The van der Waals surface area contributed by atoms with Crippen molar-refractivity contribution >= 4 is 46.6 Å². The molecule has 0 unspecified atom stereocenters. The number of esters is 1. The number of anilines is 1. The van der Waals surface area contributed by atoms with E-state index in [9.17, 15) is 9.59 Å². The average molecular weight is 350 g/mol. The first kappa shape index (κ1) is 17.2. The molecule has 2 aromatic rings. The smallest absolute Gasteiger partial charge is 0.331 e. The second-order valence-corrected chi connectivity index (χ2v) is 6.17. The Balaban J connectivity index is 1.87. The molecule has 0 fully saturated rings. The second-order valence-electron chi connectivity index (χ2n) is 4.98. The summed E-state index contributed by atoms with van der Waals surface area (Å²) in [5, 5.41) is 6.93. The van der Waals surface area contributed by atoms with Crippen LogP contribution in [0.1, 0.15) is 16.7 Å². The van der Waals surface area contributed by atoms with Crippen molar-refractivity contribution in [3.8, 4) is 0 Å². The fourth-order valence-electron chi connectivity index (χ4n) is 1.97. The maximum atomic E-state index is 11.9. The molecular formula is C17H16ClNO3S. The van der Waals surface area contributed by atoms with Crippen LogP contribution in [0, 0.1) is 13.8 Å². The minimum atomic E-state index is -0.571. The van der Waals surface area contributed by atoms with E-state index in [4.69, 9.17) is 16.3 Å². The van der Waals surface area contributed by atoms with Gasteiger partial charge < -0.3 is 10.1 Å². The van der Waals surface area contributed by atoms with Crippen LogP contribution in [0.2, 0.25) is 5.02 Å². The van der Waals surface area contributed by atoms with Crippen LogP contribution in [0.15, 0.2) is 35.0 Å². The summed E-state index contributed by atoms with van der Waals surface area (Å²) in [6, 6.07) is 5.56. The summed E-state index contributed by atoms with van der Waals surface area (Å²) in [7, 11) is 0. The first-order valence-corrected chi connectivity index (χ1v) is 8.21. The number of benzene rings is 1. The quantitative estimate of drug-likeness (QED) is 0.649. The number of hydrogen-bond acceptors (Lipinski definition) is 4. The first-order valence-electron chi connectivity index (χ1n) is 6.89. The average Bonchev–Trinajstić information content (AvgIpc) is 3.00. The van der Waals surface area contributed by atoms with E-state index in [-0.39, 0.29) is 6.61 Å². The van der Waals surface area contributed by atoms with Crippen molar-refractivity contribution in [1.29, 1.82) is 0 Å². The molecule has 1 heterocycles. The van der Waals surface area contributed by atoms with Gasteiger partial charge in [0.15, 0.2) is 6.61 Å². The van der Waals surface area contributed by atoms with Crippen LogP contribution in [0.3, 0.4) is 0 Å². The van der Waals surface area contributed by atoms with Crippen molar-refractivity contribution in [3.63, 3.8) is 0 Å².